The Balaban J connectivity index is 1.18. The Morgan fingerprint density at radius 3 is 2.62 bits per heavy atom. The van der Waals surface area contributed by atoms with E-state index >= 15 is 0 Å². The maximum atomic E-state index is 13.6. The fraction of sp³-hybridized carbons (Fsp3) is 0.710. The number of ether oxygens (including phenoxy) is 2. The van der Waals surface area contributed by atoms with Gasteiger partial charge in [0.25, 0.3) is 0 Å². The Morgan fingerprint density at radius 1 is 0.971 bits per heavy atom. The molecule has 0 radical (unpaired) electrons. The number of carbonyl (C=O) groups is 1. The third-order valence-electron chi connectivity index (χ3n) is 10.9. The van der Waals surface area contributed by atoms with E-state index in [9.17, 15) is 4.79 Å². The number of Topliss-reactive ketones (excluding diaryl/α,β-unsaturated/α-hetero) is 1. The average molecular weight is 463 g/mol. The molecule has 5 aliphatic rings. The molecular weight excluding hydrogens is 420 g/mol. The molecule has 1 aromatic carbocycles. The number of fused-ring (bicyclic) bond motifs is 5. The molecule has 0 unspecified atom stereocenters. The lowest BCUT2D eigenvalue weighted by Crippen LogP contribution is -2.54. The number of hydrogen-bond donors (Lipinski definition) is 0. The normalized spacial score (nSPS) is 45.5. The zero-order valence-electron chi connectivity index (χ0n) is 21.1. The van der Waals surface area contributed by atoms with Crippen molar-refractivity contribution in [3.05, 3.63) is 41.5 Å². The third kappa shape index (κ3) is 3.82. The molecule has 0 aromatic heterocycles. The zero-order valence-corrected chi connectivity index (χ0v) is 21.1. The number of ketones is 1. The lowest BCUT2D eigenvalue weighted by Gasteiger charge is -2.60. The second-order valence-electron chi connectivity index (χ2n) is 12.6. The summed E-state index contributed by atoms with van der Waals surface area (Å²) < 4.78 is 12.3. The number of rotatable bonds is 3. The second-order valence-corrected chi connectivity index (χ2v) is 12.6. The van der Waals surface area contributed by atoms with Gasteiger partial charge in [-0.1, -0.05) is 44.2 Å². The van der Waals surface area contributed by atoms with Crippen LogP contribution in [0.2, 0.25) is 0 Å². The summed E-state index contributed by atoms with van der Waals surface area (Å²) in [4.78, 5) is 13.6. The standard InChI is InChI=1S/C31H42O3/c1-30-15-13-24(34-28-10-6-7-17-33-28)20-23(30)11-12-25-26(30)14-16-31(2)27(25)19-22(29(31)32)18-21-8-4-3-5-9-21/h3-5,8-9,18,23-28H,6-7,10-17,19-20H2,1-2H3/b22-18+/t23-,24+,25-,26+,27-,28+,30-,31-/m0/s1. The molecule has 6 rings (SSSR count). The Kier molecular flexibility index (Phi) is 6.01. The van der Waals surface area contributed by atoms with Gasteiger partial charge in [-0.05, 0) is 117 Å². The molecule has 1 aliphatic heterocycles. The van der Waals surface area contributed by atoms with Gasteiger partial charge in [0, 0.05) is 12.0 Å². The molecule has 184 valence electrons. The molecule has 0 amide bonds. The fourth-order valence-electron chi connectivity index (χ4n) is 8.93. The predicted octanol–water partition coefficient (Wildman–Crippen LogP) is 7.20. The SMILES string of the molecule is C[C@]12CC[C@@H](O[C@@H]3CCCCO3)C[C@@H]1CC[C@H]1[C@H]2CC[C@]2(C)C(=O)/C(=C/c3ccccc3)C[C@@H]12. The number of benzene rings is 1. The summed E-state index contributed by atoms with van der Waals surface area (Å²) in [6.07, 6.45) is 15.6. The van der Waals surface area contributed by atoms with Crippen molar-refractivity contribution < 1.29 is 14.3 Å². The van der Waals surface area contributed by atoms with Gasteiger partial charge in [0.15, 0.2) is 12.1 Å². The van der Waals surface area contributed by atoms with Crippen molar-refractivity contribution in [1.82, 2.24) is 0 Å². The highest BCUT2D eigenvalue weighted by atomic mass is 16.7. The van der Waals surface area contributed by atoms with Crippen LogP contribution < -0.4 is 0 Å². The van der Waals surface area contributed by atoms with Crippen LogP contribution in [0.1, 0.15) is 90.0 Å². The molecule has 34 heavy (non-hydrogen) atoms. The van der Waals surface area contributed by atoms with E-state index in [1.165, 1.54) is 56.9 Å². The molecule has 4 saturated carbocycles. The first kappa shape index (κ1) is 23.0. The van der Waals surface area contributed by atoms with Gasteiger partial charge in [-0.3, -0.25) is 4.79 Å². The maximum Gasteiger partial charge on any atom is 0.165 e. The van der Waals surface area contributed by atoms with Crippen LogP contribution in [0.25, 0.3) is 6.08 Å². The summed E-state index contributed by atoms with van der Waals surface area (Å²) in [6, 6.07) is 10.4. The van der Waals surface area contributed by atoms with E-state index in [1.807, 2.05) is 6.07 Å². The van der Waals surface area contributed by atoms with Gasteiger partial charge < -0.3 is 9.47 Å². The van der Waals surface area contributed by atoms with E-state index in [0.717, 1.165) is 43.3 Å². The van der Waals surface area contributed by atoms with E-state index in [4.69, 9.17) is 9.47 Å². The first-order valence-electron chi connectivity index (χ1n) is 14.0. The first-order valence-corrected chi connectivity index (χ1v) is 14.0. The van der Waals surface area contributed by atoms with Crippen LogP contribution in [-0.2, 0) is 14.3 Å². The Labute approximate surface area is 205 Å². The summed E-state index contributed by atoms with van der Waals surface area (Å²) in [7, 11) is 0. The quantitative estimate of drug-likeness (QED) is 0.352. The first-order chi connectivity index (χ1) is 16.5. The average Bonchev–Trinajstić information content (AvgIpc) is 3.11. The van der Waals surface area contributed by atoms with Crippen molar-refractivity contribution in [3.8, 4) is 0 Å². The Hall–Kier alpha value is -1.45. The molecule has 4 aliphatic carbocycles. The highest BCUT2D eigenvalue weighted by Gasteiger charge is 2.61. The van der Waals surface area contributed by atoms with Crippen molar-refractivity contribution >= 4 is 11.9 Å². The van der Waals surface area contributed by atoms with Gasteiger partial charge in [0.1, 0.15) is 0 Å². The van der Waals surface area contributed by atoms with Gasteiger partial charge >= 0.3 is 0 Å². The lowest BCUT2D eigenvalue weighted by atomic mass is 9.45. The van der Waals surface area contributed by atoms with E-state index in [-0.39, 0.29) is 11.7 Å². The molecule has 1 aromatic rings. The van der Waals surface area contributed by atoms with Crippen LogP contribution in [0.5, 0.6) is 0 Å². The zero-order chi connectivity index (χ0) is 23.3. The van der Waals surface area contributed by atoms with Crippen molar-refractivity contribution in [2.24, 2.45) is 34.5 Å². The van der Waals surface area contributed by atoms with Crippen LogP contribution >= 0.6 is 0 Å². The van der Waals surface area contributed by atoms with Gasteiger partial charge in [0.2, 0.25) is 0 Å². The molecule has 1 heterocycles. The molecule has 0 spiro atoms. The highest BCUT2D eigenvalue weighted by molar-refractivity contribution is 6.05. The van der Waals surface area contributed by atoms with Gasteiger partial charge in [-0.25, -0.2) is 0 Å². The van der Waals surface area contributed by atoms with Crippen molar-refractivity contribution in [2.45, 2.75) is 96.9 Å². The Morgan fingerprint density at radius 2 is 1.82 bits per heavy atom. The molecule has 5 fully saturated rings. The third-order valence-corrected chi connectivity index (χ3v) is 10.9. The number of hydrogen-bond acceptors (Lipinski definition) is 3. The summed E-state index contributed by atoms with van der Waals surface area (Å²) in [5, 5.41) is 0. The highest BCUT2D eigenvalue weighted by Crippen LogP contribution is 2.66. The maximum absolute atomic E-state index is 13.6. The molecule has 3 heteroatoms. The number of carbonyl (C=O) groups excluding carboxylic acids is 1. The lowest BCUT2D eigenvalue weighted by molar-refractivity contribution is -0.211. The van der Waals surface area contributed by atoms with Crippen LogP contribution in [0.4, 0.5) is 0 Å². The van der Waals surface area contributed by atoms with Crippen molar-refractivity contribution in [1.29, 1.82) is 0 Å². The summed E-state index contributed by atoms with van der Waals surface area (Å²) >= 11 is 0. The molecule has 0 N–H and O–H groups in total. The van der Waals surface area contributed by atoms with Crippen LogP contribution in [-0.4, -0.2) is 24.8 Å². The molecule has 1 saturated heterocycles. The topological polar surface area (TPSA) is 35.5 Å². The number of allylic oxidation sites excluding steroid dienone is 1. The van der Waals surface area contributed by atoms with E-state index in [0.29, 0.717) is 29.1 Å². The summed E-state index contributed by atoms with van der Waals surface area (Å²) in [5.41, 5.74) is 2.51. The van der Waals surface area contributed by atoms with Crippen LogP contribution in [0.15, 0.2) is 35.9 Å². The molecule has 0 bridgehead atoms. The van der Waals surface area contributed by atoms with Gasteiger partial charge in [0.05, 0.1) is 6.10 Å². The molecule has 8 atom stereocenters. The monoisotopic (exact) mass is 462 g/mol. The summed E-state index contributed by atoms with van der Waals surface area (Å²) in [5.74, 6) is 3.19. The smallest absolute Gasteiger partial charge is 0.165 e. The minimum Gasteiger partial charge on any atom is -0.353 e. The van der Waals surface area contributed by atoms with E-state index < -0.39 is 0 Å². The van der Waals surface area contributed by atoms with Crippen LogP contribution in [0, 0.1) is 34.5 Å². The molecule has 3 nitrogen and oxygen atoms in total. The van der Waals surface area contributed by atoms with E-state index in [1.54, 1.807) is 0 Å². The fourth-order valence-corrected chi connectivity index (χ4v) is 8.93. The van der Waals surface area contributed by atoms with Gasteiger partial charge in [-0.15, -0.1) is 0 Å². The minimum atomic E-state index is -0.149. The largest absolute Gasteiger partial charge is 0.353 e. The predicted molar refractivity (Wildman–Crippen MR) is 135 cm³/mol. The minimum absolute atomic E-state index is 0.0363. The Bertz CT molecular complexity index is 931. The van der Waals surface area contributed by atoms with Crippen molar-refractivity contribution in [2.75, 3.05) is 6.61 Å². The second kappa shape index (κ2) is 8.89. The van der Waals surface area contributed by atoms with Crippen molar-refractivity contribution in [3.63, 3.8) is 0 Å². The van der Waals surface area contributed by atoms with Crippen LogP contribution in [0.3, 0.4) is 0 Å². The van der Waals surface area contributed by atoms with E-state index in [2.05, 4.69) is 44.2 Å². The molecular formula is C31H42O3. The summed E-state index contributed by atoms with van der Waals surface area (Å²) in [6.45, 7) is 5.76. The van der Waals surface area contributed by atoms with Gasteiger partial charge in [-0.2, -0.15) is 0 Å².